The second kappa shape index (κ2) is 6.65. The van der Waals surface area contributed by atoms with Crippen molar-refractivity contribution in [1.82, 2.24) is 5.32 Å². The Kier molecular flexibility index (Phi) is 5.49. The van der Waals surface area contributed by atoms with Gasteiger partial charge in [0.1, 0.15) is 11.8 Å². The number of halogens is 3. The van der Waals surface area contributed by atoms with Crippen molar-refractivity contribution in [3.05, 3.63) is 28.2 Å². The van der Waals surface area contributed by atoms with Gasteiger partial charge in [-0.1, -0.05) is 6.07 Å². The lowest BCUT2D eigenvalue weighted by Crippen LogP contribution is -2.33. The number of alkyl halides is 2. The third kappa shape index (κ3) is 4.58. The largest absolute Gasteiger partial charge is 0.480 e. The molecular formula is C11H12BrF2NO3. The van der Waals surface area contributed by atoms with E-state index in [0.717, 1.165) is 5.56 Å². The van der Waals surface area contributed by atoms with Crippen LogP contribution in [-0.2, 0) is 11.3 Å². The van der Waals surface area contributed by atoms with Crippen LogP contribution in [0.5, 0.6) is 5.75 Å². The minimum absolute atomic E-state index is 0.0417. The Hall–Kier alpha value is -1.21. The summed E-state index contributed by atoms with van der Waals surface area (Å²) in [7, 11) is 0. The number of hydrogen-bond acceptors (Lipinski definition) is 3. The van der Waals surface area contributed by atoms with Gasteiger partial charge in [-0.2, -0.15) is 8.78 Å². The van der Waals surface area contributed by atoms with Crippen LogP contribution >= 0.6 is 15.9 Å². The zero-order valence-corrected chi connectivity index (χ0v) is 11.1. The first-order valence-electron chi connectivity index (χ1n) is 5.09. The third-order valence-corrected chi connectivity index (χ3v) is 2.81. The third-order valence-electron chi connectivity index (χ3n) is 2.20. The van der Waals surface area contributed by atoms with E-state index in [4.69, 9.17) is 5.11 Å². The van der Waals surface area contributed by atoms with Gasteiger partial charge in [0.15, 0.2) is 0 Å². The predicted molar refractivity (Wildman–Crippen MR) is 64.7 cm³/mol. The molecule has 0 amide bonds. The molecule has 1 atom stereocenters. The van der Waals surface area contributed by atoms with Gasteiger partial charge in [-0.25, -0.2) is 0 Å². The quantitative estimate of drug-likeness (QED) is 0.845. The van der Waals surface area contributed by atoms with Crippen molar-refractivity contribution < 1.29 is 23.4 Å². The second-order valence-electron chi connectivity index (χ2n) is 3.58. The Morgan fingerprint density at radius 1 is 1.56 bits per heavy atom. The summed E-state index contributed by atoms with van der Waals surface area (Å²) in [6.07, 6.45) is 0. The van der Waals surface area contributed by atoms with Gasteiger partial charge < -0.3 is 15.2 Å². The highest BCUT2D eigenvalue weighted by Gasteiger charge is 2.11. The maximum Gasteiger partial charge on any atom is 0.387 e. The van der Waals surface area contributed by atoms with Crippen LogP contribution in [0.3, 0.4) is 0 Å². The molecule has 0 aromatic heterocycles. The first-order chi connectivity index (χ1) is 8.40. The Morgan fingerprint density at radius 3 is 2.72 bits per heavy atom. The molecule has 0 saturated carbocycles. The molecule has 4 nitrogen and oxygen atoms in total. The number of nitrogens with one attached hydrogen (secondary N) is 1. The van der Waals surface area contributed by atoms with E-state index in [1.807, 2.05) is 0 Å². The molecule has 0 aliphatic carbocycles. The summed E-state index contributed by atoms with van der Waals surface area (Å²) in [5, 5.41) is 11.5. The summed E-state index contributed by atoms with van der Waals surface area (Å²) in [6.45, 7) is -1.04. The zero-order chi connectivity index (χ0) is 13.7. The first kappa shape index (κ1) is 14.8. The molecule has 0 bridgehead atoms. The zero-order valence-electron chi connectivity index (χ0n) is 9.49. The molecule has 0 aliphatic rings. The maximum atomic E-state index is 12.0. The van der Waals surface area contributed by atoms with Crippen LogP contribution in [0.15, 0.2) is 22.7 Å². The molecule has 2 N–H and O–H groups in total. The predicted octanol–water partition coefficient (Wildman–Crippen LogP) is 2.61. The first-order valence-corrected chi connectivity index (χ1v) is 5.89. The van der Waals surface area contributed by atoms with Crippen LogP contribution in [0.4, 0.5) is 8.78 Å². The molecule has 18 heavy (non-hydrogen) atoms. The van der Waals surface area contributed by atoms with Gasteiger partial charge in [-0.05, 0) is 40.5 Å². The van der Waals surface area contributed by atoms with E-state index in [0.29, 0.717) is 11.0 Å². The van der Waals surface area contributed by atoms with Gasteiger partial charge in [-0.15, -0.1) is 0 Å². The van der Waals surface area contributed by atoms with Crippen molar-refractivity contribution in [2.75, 3.05) is 0 Å². The molecular weight excluding hydrogens is 312 g/mol. The van der Waals surface area contributed by atoms with Crippen LogP contribution in [0.25, 0.3) is 0 Å². The summed E-state index contributed by atoms with van der Waals surface area (Å²) >= 11 is 3.11. The molecule has 100 valence electrons. The van der Waals surface area contributed by atoms with E-state index >= 15 is 0 Å². The Labute approximate surface area is 111 Å². The molecule has 1 aromatic rings. The lowest BCUT2D eigenvalue weighted by Gasteiger charge is -2.11. The van der Waals surface area contributed by atoms with Crippen LogP contribution in [0.2, 0.25) is 0 Å². The molecule has 0 fully saturated rings. The van der Waals surface area contributed by atoms with Gasteiger partial charge in [0.25, 0.3) is 0 Å². The number of ether oxygens (including phenoxy) is 1. The Bertz CT molecular complexity index is 429. The van der Waals surface area contributed by atoms with Crippen LogP contribution in [-0.4, -0.2) is 23.7 Å². The van der Waals surface area contributed by atoms with Gasteiger partial charge >= 0.3 is 12.6 Å². The molecule has 1 unspecified atom stereocenters. The van der Waals surface area contributed by atoms with E-state index in [1.54, 1.807) is 12.1 Å². The minimum Gasteiger partial charge on any atom is -0.480 e. The smallest absolute Gasteiger partial charge is 0.387 e. The van der Waals surface area contributed by atoms with Crippen molar-refractivity contribution in [1.29, 1.82) is 0 Å². The molecule has 0 heterocycles. The average Bonchev–Trinajstić information content (AvgIpc) is 2.28. The van der Waals surface area contributed by atoms with Crippen molar-refractivity contribution in [3.8, 4) is 5.75 Å². The van der Waals surface area contributed by atoms with Gasteiger partial charge in [0, 0.05) is 6.54 Å². The number of carboxylic acid groups (broad SMARTS) is 1. The topological polar surface area (TPSA) is 58.6 Å². The highest BCUT2D eigenvalue weighted by atomic mass is 79.9. The summed E-state index contributed by atoms with van der Waals surface area (Å²) in [4.78, 5) is 10.6. The second-order valence-corrected chi connectivity index (χ2v) is 4.44. The lowest BCUT2D eigenvalue weighted by molar-refractivity contribution is -0.139. The molecule has 0 radical (unpaired) electrons. The van der Waals surface area contributed by atoms with Gasteiger partial charge in [-0.3, -0.25) is 4.79 Å². The normalized spacial score (nSPS) is 12.5. The van der Waals surface area contributed by atoms with Gasteiger partial charge in [0.05, 0.1) is 4.47 Å². The number of benzene rings is 1. The fraction of sp³-hybridized carbons (Fsp3) is 0.364. The van der Waals surface area contributed by atoms with Crippen molar-refractivity contribution in [2.24, 2.45) is 0 Å². The highest BCUT2D eigenvalue weighted by molar-refractivity contribution is 9.10. The van der Waals surface area contributed by atoms with E-state index in [2.05, 4.69) is 26.0 Å². The summed E-state index contributed by atoms with van der Waals surface area (Å²) in [5.41, 5.74) is 0.761. The number of rotatable bonds is 6. The van der Waals surface area contributed by atoms with E-state index in [9.17, 15) is 13.6 Å². The molecule has 1 rings (SSSR count). The number of carboxylic acids is 1. The summed E-state index contributed by atoms with van der Waals surface area (Å²) in [5.74, 6) is -0.910. The molecule has 0 spiro atoms. The molecule has 0 aliphatic heterocycles. The van der Waals surface area contributed by atoms with Crippen LogP contribution in [0.1, 0.15) is 12.5 Å². The fourth-order valence-electron chi connectivity index (χ4n) is 1.20. The Balaban J connectivity index is 2.64. The SMILES string of the molecule is CC(NCc1ccc(OC(F)F)c(Br)c1)C(=O)O. The summed E-state index contributed by atoms with van der Waals surface area (Å²) < 4.78 is 28.7. The van der Waals surface area contributed by atoms with E-state index < -0.39 is 18.6 Å². The Morgan fingerprint density at radius 2 is 2.22 bits per heavy atom. The van der Waals surface area contributed by atoms with Crippen molar-refractivity contribution in [2.45, 2.75) is 26.1 Å². The monoisotopic (exact) mass is 323 g/mol. The standard InChI is InChI=1S/C11H12BrF2NO3/c1-6(10(16)17)15-5-7-2-3-9(8(12)4-7)18-11(13)14/h2-4,6,11,15H,5H2,1H3,(H,16,17). The van der Waals surface area contributed by atoms with Crippen LogP contribution < -0.4 is 10.1 Å². The van der Waals surface area contributed by atoms with Crippen molar-refractivity contribution in [3.63, 3.8) is 0 Å². The average molecular weight is 324 g/mol. The van der Waals surface area contributed by atoms with E-state index in [1.165, 1.54) is 13.0 Å². The van der Waals surface area contributed by atoms with Crippen molar-refractivity contribution >= 4 is 21.9 Å². The molecule has 7 heteroatoms. The lowest BCUT2D eigenvalue weighted by atomic mass is 10.2. The molecule has 1 aromatic carbocycles. The fourth-order valence-corrected chi connectivity index (χ4v) is 1.72. The number of aliphatic carboxylic acids is 1. The summed E-state index contributed by atoms with van der Waals surface area (Å²) in [6, 6.07) is 3.91. The van der Waals surface area contributed by atoms with Gasteiger partial charge in [0.2, 0.25) is 0 Å². The van der Waals surface area contributed by atoms with Crippen LogP contribution in [0, 0.1) is 0 Å². The highest BCUT2D eigenvalue weighted by Crippen LogP contribution is 2.27. The number of hydrogen-bond donors (Lipinski definition) is 2. The molecule has 0 saturated heterocycles. The van der Waals surface area contributed by atoms with E-state index in [-0.39, 0.29) is 5.75 Å². The minimum atomic E-state index is -2.88. The maximum absolute atomic E-state index is 12.0. The number of carbonyl (C=O) groups is 1.